The van der Waals surface area contributed by atoms with Crippen LogP contribution in [0.4, 0.5) is 5.69 Å². The molecule has 1 heterocycles. The molecule has 4 rings (SSSR count). The number of benzene rings is 3. The highest BCUT2D eigenvalue weighted by Crippen LogP contribution is 2.29. The molecule has 1 aromatic heterocycles. The number of nitrogens with zero attached hydrogens (tertiary/aromatic N) is 3. The van der Waals surface area contributed by atoms with E-state index >= 15 is 0 Å². The number of hydrogen-bond donors (Lipinski definition) is 1. The fourth-order valence-electron chi connectivity index (χ4n) is 3.61. The van der Waals surface area contributed by atoms with Crippen molar-refractivity contribution in [3.8, 4) is 17.1 Å². The molecule has 0 saturated carbocycles. The van der Waals surface area contributed by atoms with Crippen LogP contribution in [0.3, 0.4) is 0 Å². The lowest BCUT2D eigenvalue weighted by Gasteiger charge is -2.12. The summed E-state index contributed by atoms with van der Waals surface area (Å²) in [5.74, 6) is 0.923. The summed E-state index contributed by atoms with van der Waals surface area (Å²) in [7, 11) is 0. The lowest BCUT2D eigenvalue weighted by Crippen LogP contribution is -2.14. The van der Waals surface area contributed by atoms with Gasteiger partial charge in [-0.3, -0.25) is 9.36 Å². The molecule has 162 valence electrons. The van der Waals surface area contributed by atoms with Crippen molar-refractivity contribution in [2.24, 2.45) is 0 Å². The molecule has 0 aliphatic carbocycles. The van der Waals surface area contributed by atoms with Crippen molar-refractivity contribution in [1.29, 1.82) is 0 Å². The van der Waals surface area contributed by atoms with Crippen molar-refractivity contribution < 1.29 is 4.79 Å². The van der Waals surface area contributed by atoms with Crippen molar-refractivity contribution in [2.45, 2.75) is 32.9 Å². The molecule has 1 N–H and O–H groups in total. The molecule has 0 fully saturated rings. The van der Waals surface area contributed by atoms with Gasteiger partial charge >= 0.3 is 0 Å². The van der Waals surface area contributed by atoms with Gasteiger partial charge in [-0.25, -0.2) is 0 Å². The number of aryl methyl sites for hydroxylation is 4. The Morgan fingerprint density at radius 2 is 1.59 bits per heavy atom. The number of thioether (sulfide) groups is 1. The molecule has 0 aliphatic heterocycles. The molecule has 0 unspecified atom stereocenters. The van der Waals surface area contributed by atoms with Crippen molar-refractivity contribution in [3.63, 3.8) is 0 Å². The molecule has 1 amide bonds. The number of amides is 1. The first-order valence-electron chi connectivity index (χ1n) is 10.5. The zero-order chi connectivity index (χ0) is 22.7. The number of hydrogen-bond acceptors (Lipinski definition) is 4. The number of rotatable bonds is 6. The minimum absolute atomic E-state index is 0.0732. The van der Waals surface area contributed by atoms with Gasteiger partial charge in [-0.2, -0.15) is 0 Å². The number of nitrogens with one attached hydrogen (secondary N) is 1. The van der Waals surface area contributed by atoms with Crippen LogP contribution in [0.1, 0.15) is 22.3 Å². The van der Waals surface area contributed by atoms with E-state index in [1.807, 2.05) is 60.9 Å². The van der Waals surface area contributed by atoms with Crippen LogP contribution in [-0.2, 0) is 4.79 Å². The van der Waals surface area contributed by atoms with Crippen LogP contribution in [0.25, 0.3) is 17.1 Å². The van der Waals surface area contributed by atoms with Gasteiger partial charge in [0, 0.05) is 11.3 Å². The topological polar surface area (TPSA) is 59.8 Å². The Balaban J connectivity index is 1.61. The van der Waals surface area contributed by atoms with Gasteiger partial charge in [0.2, 0.25) is 5.91 Å². The maximum atomic E-state index is 12.6. The monoisotopic (exact) mass is 442 g/mol. The maximum Gasteiger partial charge on any atom is 0.234 e. The highest BCUT2D eigenvalue weighted by molar-refractivity contribution is 7.99. The van der Waals surface area contributed by atoms with E-state index in [4.69, 9.17) is 0 Å². The van der Waals surface area contributed by atoms with Crippen LogP contribution in [0.15, 0.2) is 71.9 Å². The second-order valence-corrected chi connectivity index (χ2v) is 8.93. The van der Waals surface area contributed by atoms with Gasteiger partial charge in [-0.1, -0.05) is 54.2 Å². The molecule has 0 saturated heterocycles. The molecule has 6 heteroatoms. The molecule has 0 spiro atoms. The molecule has 4 aromatic rings. The summed E-state index contributed by atoms with van der Waals surface area (Å²) in [6, 6.07) is 22.3. The van der Waals surface area contributed by atoms with Crippen molar-refractivity contribution in [2.75, 3.05) is 11.1 Å². The highest BCUT2D eigenvalue weighted by Gasteiger charge is 2.18. The average Bonchev–Trinajstić information content (AvgIpc) is 3.18. The summed E-state index contributed by atoms with van der Waals surface area (Å²) in [5.41, 5.74) is 7.43. The molecule has 0 radical (unpaired) electrons. The third kappa shape index (κ3) is 4.92. The smallest absolute Gasteiger partial charge is 0.234 e. The Morgan fingerprint density at radius 3 is 2.28 bits per heavy atom. The Kier molecular flexibility index (Phi) is 6.42. The summed E-state index contributed by atoms with van der Waals surface area (Å²) < 4.78 is 2.02. The van der Waals surface area contributed by atoms with Crippen LogP contribution in [0.2, 0.25) is 0 Å². The van der Waals surface area contributed by atoms with Crippen LogP contribution in [0.5, 0.6) is 0 Å². The second-order valence-electron chi connectivity index (χ2n) is 7.99. The summed E-state index contributed by atoms with van der Waals surface area (Å²) in [4.78, 5) is 12.6. The molecule has 0 aliphatic rings. The second kappa shape index (κ2) is 9.40. The van der Waals surface area contributed by atoms with E-state index in [1.54, 1.807) is 0 Å². The number of aromatic nitrogens is 3. The predicted octanol–water partition coefficient (Wildman–Crippen LogP) is 5.90. The third-order valence-electron chi connectivity index (χ3n) is 5.25. The van der Waals surface area contributed by atoms with Crippen LogP contribution in [0, 0.1) is 27.7 Å². The number of anilines is 1. The van der Waals surface area contributed by atoms with Crippen molar-refractivity contribution in [3.05, 3.63) is 89.0 Å². The Morgan fingerprint density at radius 1 is 0.875 bits per heavy atom. The third-order valence-corrected chi connectivity index (χ3v) is 6.18. The van der Waals surface area contributed by atoms with Crippen molar-refractivity contribution in [1.82, 2.24) is 14.8 Å². The fourth-order valence-corrected chi connectivity index (χ4v) is 4.36. The standard InChI is InChI=1S/C26H26N4OS/c1-17-12-18(2)14-22(13-17)27-24(31)16-32-26-29-28-25(21-8-6-5-7-9-21)30(26)23-11-10-19(3)20(4)15-23/h5-15H,16H2,1-4H3,(H,27,31). The zero-order valence-corrected chi connectivity index (χ0v) is 19.5. The van der Waals surface area contributed by atoms with Gasteiger partial charge in [0.1, 0.15) is 0 Å². The van der Waals surface area contributed by atoms with Gasteiger partial charge in [-0.05, 0) is 74.2 Å². The van der Waals surface area contributed by atoms with E-state index in [0.29, 0.717) is 5.16 Å². The first-order chi connectivity index (χ1) is 15.4. The van der Waals surface area contributed by atoms with E-state index in [1.165, 1.54) is 22.9 Å². The van der Waals surface area contributed by atoms with E-state index in [-0.39, 0.29) is 11.7 Å². The quantitative estimate of drug-likeness (QED) is 0.378. The van der Waals surface area contributed by atoms with E-state index in [2.05, 4.69) is 53.6 Å². The highest BCUT2D eigenvalue weighted by atomic mass is 32.2. The predicted molar refractivity (Wildman–Crippen MR) is 132 cm³/mol. The normalized spacial score (nSPS) is 10.9. The molecule has 32 heavy (non-hydrogen) atoms. The van der Waals surface area contributed by atoms with Crippen LogP contribution in [-0.4, -0.2) is 26.4 Å². The molecular formula is C26H26N4OS. The van der Waals surface area contributed by atoms with E-state index < -0.39 is 0 Å². The largest absolute Gasteiger partial charge is 0.325 e. The van der Waals surface area contributed by atoms with Gasteiger partial charge in [0.15, 0.2) is 11.0 Å². The summed E-state index contributed by atoms with van der Waals surface area (Å²) in [6.07, 6.45) is 0. The Labute approximate surface area is 192 Å². The molecule has 3 aromatic carbocycles. The molecule has 0 atom stereocenters. The van der Waals surface area contributed by atoms with E-state index in [9.17, 15) is 4.79 Å². The fraction of sp³-hybridized carbons (Fsp3) is 0.192. The number of carbonyl (C=O) groups is 1. The van der Waals surface area contributed by atoms with Gasteiger partial charge in [0.05, 0.1) is 11.4 Å². The summed E-state index contributed by atoms with van der Waals surface area (Å²) in [5, 5.41) is 12.6. The van der Waals surface area contributed by atoms with Gasteiger partial charge < -0.3 is 5.32 Å². The average molecular weight is 443 g/mol. The van der Waals surface area contributed by atoms with Crippen LogP contribution >= 0.6 is 11.8 Å². The van der Waals surface area contributed by atoms with Crippen molar-refractivity contribution >= 4 is 23.4 Å². The first-order valence-corrected chi connectivity index (χ1v) is 11.5. The number of carbonyl (C=O) groups excluding carboxylic acids is 1. The van der Waals surface area contributed by atoms with Crippen LogP contribution < -0.4 is 5.32 Å². The lowest BCUT2D eigenvalue weighted by atomic mass is 10.1. The molecular weight excluding hydrogens is 416 g/mol. The first kappa shape index (κ1) is 21.8. The maximum absolute atomic E-state index is 12.6. The lowest BCUT2D eigenvalue weighted by molar-refractivity contribution is -0.113. The minimum atomic E-state index is -0.0732. The Bertz CT molecular complexity index is 1240. The summed E-state index contributed by atoms with van der Waals surface area (Å²) >= 11 is 1.38. The SMILES string of the molecule is Cc1cc(C)cc(NC(=O)CSc2nnc(-c3ccccc3)n2-c2ccc(C)c(C)c2)c1. The Hall–Kier alpha value is -3.38. The van der Waals surface area contributed by atoms with Gasteiger partial charge in [-0.15, -0.1) is 10.2 Å². The molecule has 5 nitrogen and oxygen atoms in total. The van der Waals surface area contributed by atoms with E-state index in [0.717, 1.165) is 33.9 Å². The molecule has 0 bridgehead atoms. The minimum Gasteiger partial charge on any atom is -0.325 e. The zero-order valence-electron chi connectivity index (χ0n) is 18.7. The van der Waals surface area contributed by atoms with Gasteiger partial charge in [0.25, 0.3) is 0 Å². The summed E-state index contributed by atoms with van der Waals surface area (Å²) in [6.45, 7) is 8.23.